The Balaban J connectivity index is 1.63. The van der Waals surface area contributed by atoms with Crippen LogP contribution >= 0.6 is 0 Å². The average molecular weight is 701 g/mol. The summed E-state index contributed by atoms with van der Waals surface area (Å²) in [5.74, 6) is -1.98. The highest BCUT2D eigenvalue weighted by Crippen LogP contribution is 2.16. The first-order valence-electron chi connectivity index (χ1n) is 17.1. The molecular formula is C37H48N8O6. The molecule has 0 spiro atoms. The van der Waals surface area contributed by atoms with Gasteiger partial charge >= 0.3 is 0 Å². The molecule has 0 unspecified atom stereocenters. The molecule has 51 heavy (non-hydrogen) atoms. The number of hydrogen-bond donors (Lipinski definition) is 5. The van der Waals surface area contributed by atoms with Crippen molar-refractivity contribution in [3.63, 3.8) is 0 Å². The van der Waals surface area contributed by atoms with E-state index in [1.165, 1.54) is 17.3 Å². The molecule has 1 aromatic heterocycles. The summed E-state index contributed by atoms with van der Waals surface area (Å²) in [5, 5.41) is 14.3. The summed E-state index contributed by atoms with van der Waals surface area (Å²) in [5.41, 5.74) is 1.65. The maximum absolute atomic E-state index is 13.9. The number of rotatable bonds is 9. The van der Waals surface area contributed by atoms with Gasteiger partial charge in [0.05, 0.1) is 19.2 Å². The summed E-state index contributed by atoms with van der Waals surface area (Å²) in [6.45, 7) is 8.68. The smallest absolute Gasteiger partial charge is 0.257 e. The van der Waals surface area contributed by atoms with Gasteiger partial charge in [0, 0.05) is 37.1 Å². The van der Waals surface area contributed by atoms with Gasteiger partial charge in [0.25, 0.3) is 5.91 Å². The minimum Gasteiger partial charge on any atom is -0.497 e. The first-order chi connectivity index (χ1) is 24.3. The molecule has 2 aromatic carbocycles. The third-order valence-corrected chi connectivity index (χ3v) is 8.44. The van der Waals surface area contributed by atoms with Crippen molar-refractivity contribution in [1.82, 2.24) is 36.1 Å². The third kappa shape index (κ3) is 11.2. The summed E-state index contributed by atoms with van der Waals surface area (Å²) < 4.78 is 5.24. The normalized spacial score (nSPS) is 20.7. The van der Waals surface area contributed by atoms with Crippen LogP contribution < -0.4 is 31.3 Å². The van der Waals surface area contributed by atoms with Gasteiger partial charge in [0.15, 0.2) is 0 Å². The Morgan fingerprint density at radius 3 is 2.12 bits per heavy atom. The van der Waals surface area contributed by atoms with Crippen molar-refractivity contribution in [2.45, 2.75) is 71.6 Å². The van der Waals surface area contributed by atoms with Crippen LogP contribution in [0.15, 0.2) is 67.0 Å². The van der Waals surface area contributed by atoms with Gasteiger partial charge < -0.3 is 36.2 Å². The molecule has 5 amide bonds. The second-order valence-electron chi connectivity index (χ2n) is 13.4. The summed E-state index contributed by atoms with van der Waals surface area (Å²) in [4.78, 5) is 78.3. The van der Waals surface area contributed by atoms with E-state index in [1.807, 2.05) is 58.0 Å². The summed E-state index contributed by atoms with van der Waals surface area (Å²) in [7, 11) is 1.55. The first-order valence-corrected chi connectivity index (χ1v) is 17.1. The Morgan fingerprint density at radius 1 is 0.863 bits per heavy atom. The van der Waals surface area contributed by atoms with Crippen molar-refractivity contribution in [3.05, 3.63) is 78.1 Å². The number of para-hydroxylation sites is 1. The number of methoxy groups -OCH3 is 1. The van der Waals surface area contributed by atoms with E-state index in [4.69, 9.17) is 4.74 Å². The van der Waals surface area contributed by atoms with Crippen molar-refractivity contribution in [2.75, 3.05) is 25.5 Å². The molecule has 1 aliphatic rings. The molecule has 4 atom stereocenters. The molecule has 0 saturated carbocycles. The van der Waals surface area contributed by atoms with Crippen LogP contribution in [0.2, 0.25) is 0 Å². The molecule has 0 aliphatic carbocycles. The van der Waals surface area contributed by atoms with E-state index >= 15 is 0 Å². The predicted molar refractivity (Wildman–Crippen MR) is 192 cm³/mol. The Morgan fingerprint density at radius 2 is 1.51 bits per heavy atom. The van der Waals surface area contributed by atoms with Gasteiger partial charge in [-0.3, -0.25) is 24.0 Å². The molecule has 4 rings (SSSR count). The van der Waals surface area contributed by atoms with Crippen LogP contribution in [0.1, 0.15) is 57.0 Å². The molecule has 1 saturated heterocycles. The highest BCUT2D eigenvalue weighted by atomic mass is 16.5. The van der Waals surface area contributed by atoms with E-state index in [0.29, 0.717) is 5.75 Å². The summed E-state index contributed by atoms with van der Waals surface area (Å²) in [6.07, 6.45) is 3.13. The fourth-order valence-electron chi connectivity index (χ4n) is 5.50. The van der Waals surface area contributed by atoms with E-state index in [2.05, 4.69) is 36.6 Å². The van der Waals surface area contributed by atoms with E-state index in [1.54, 1.807) is 38.3 Å². The lowest BCUT2D eigenvalue weighted by Crippen LogP contribution is -2.57. The predicted octanol–water partition coefficient (Wildman–Crippen LogP) is 2.59. The molecule has 14 heteroatoms. The van der Waals surface area contributed by atoms with Crippen LogP contribution in [0.3, 0.4) is 0 Å². The molecule has 0 bridgehead atoms. The number of carbonyl (C=O) groups excluding carboxylic acids is 5. The number of nitrogens with zero attached hydrogens (tertiary/aromatic N) is 3. The molecule has 1 aliphatic heterocycles. The summed E-state index contributed by atoms with van der Waals surface area (Å²) in [6, 6.07) is 12.7. The Kier molecular flexibility index (Phi) is 13.5. The number of hydrogen-bond acceptors (Lipinski definition) is 9. The van der Waals surface area contributed by atoms with Gasteiger partial charge in [0.1, 0.15) is 23.9 Å². The van der Waals surface area contributed by atoms with Crippen LogP contribution in [-0.4, -0.2) is 88.8 Å². The highest BCUT2D eigenvalue weighted by molar-refractivity contribution is 5.98. The van der Waals surface area contributed by atoms with Crippen molar-refractivity contribution in [1.29, 1.82) is 0 Å². The monoisotopic (exact) mass is 700 g/mol. The minimum atomic E-state index is -1.06. The van der Waals surface area contributed by atoms with Gasteiger partial charge in [0.2, 0.25) is 29.6 Å². The number of carbonyl (C=O) groups is 5. The fraction of sp³-hybridized carbons (Fsp3) is 0.432. The van der Waals surface area contributed by atoms with Crippen LogP contribution in [0.25, 0.3) is 0 Å². The molecular weight excluding hydrogens is 652 g/mol. The van der Waals surface area contributed by atoms with Crippen molar-refractivity contribution in [3.8, 4) is 5.75 Å². The van der Waals surface area contributed by atoms with Crippen LogP contribution in [0.4, 0.5) is 11.6 Å². The topological polar surface area (TPSA) is 184 Å². The number of nitrogens with one attached hydrogen (secondary N) is 5. The maximum atomic E-state index is 13.9. The zero-order chi connectivity index (χ0) is 37.1. The second-order valence-corrected chi connectivity index (χ2v) is 13.4. The number of aromatic nitrogens is 2. The molecule has 0 radical (unpaired) electrons. The molecule has 2 heterocycles. The largest absolute Gasteiger partial charge is 0.497 e. The van der Waals surface area contributed by atoms with E-state index in [0.717, 1.165) is 11.3 Å². The Bertz CT molecular complexity index is 1650. The van der Waals surface area contributed by atoms with Gasteiger partial charge in [-0.05, 0) is 55.0 Å². The zero-order valence-electron chi connectivity index (χ0n) is 29.9. The fourth-order valence-corrected chi connectivity index (χ4v) is 5.50. The minimum absolute atomic E-state index is 0.00190. The van der Waals surface area contributed by atoms with Crippen molar-refractivity contribution >= 4 is 41.2 Å². The van der Waals surface area contributed by atoms with Crippen LogP contribution in [0.5, 0.6) is 5.75 Å². The van der Waals surface area contributed by atoms with Crippen LogP contribution in [0, 0.1) is 11.8 Å². The SMILES string of the molecule is COc1ccc(C[C@@H]2NC(=O)[C@H](CC(C)C)NC(=O)CN(C(=O)c3cnc(Nc4ccccc4)nc3)C[C@H](C(C)C)NC(=O)[C@@H](C)NC2=O)cc1. The molecule has 5 N–H and O–H groups in total. The van der Waals surface area contributed by atoms with Gasteiger partial charge in [-0.25, -0.2) is 9.97 Å². The first kappa shape index (κ1) is 38.3. The van der Waals surface area contributed by atoms with E-state index in [9.17, 15) is 24.0 Å². The Labute approximate surface area is 298 Å². The number of benzene rings is 2. The highest BCUT2D eigenvalue weighted by Gasteiger charge is 2.33. The number of ether oxygens (including phenoxy) is 1. The van der Waals surface area contributed by atoms with Gasteiger partial charge in [-0.2, -0.15) is 0 Å². The zero-order valence-corrected chi connectivity index (χ0v) is 29.9. The van der Waals surface area contributed by atoms with Gasteiger partial charge in [-0.15, -0.1) is 0 Å². The molecule has 3 aromatic rings. The van der Waals surface area contributed by atoms with Gasteiger partial charge in [-0.1, -0.05) is 58.0 Å². The summed E-state index contributed by atoms with van der Waals surface area (Å²) >= 11 is 0. The van der Waals surface area contributed by atoms with Crippen molar-refractivity contribution in [2.24, 2.45) is 11.8 Å². The third-order valence-electron chi connectivity index (χ3n) is 8.44. The number of amides is 5. The van der Waals surface area contributed by atoms with Crippen LogP contribution in [-0.2, 0) is 25.6 Å². The quantitative estimate of drug-likeness (QED) is 0.224. The molecule has 272 valence electrons. The maximum Gasteiger partial charge on any atom is 0.257 e. The average Bonchev–Trinajstić information content (AvgIpc) is 3.10. The second kappa shape index (κ2) is 17.9. The van der Waals surface area contributed by atoms with Crippen molar-refractivity contribution < 1.29 is 28.7 Å². The lowest BCUT2D eigenvalue weighted by Gasteiger charge is -2.31. The Hall–Kier alpha value is -5.53. The lowest BCUT2D eigenvalue weighted by molar-refractivity contribution is -0.133. The van der Waals surface area contributed by atoms with E-state index < -0.39 is 60.2 Å². The lowest BCUT2D eigenvalue weighted by atomic mass is 10.0. The standard InChI is InChI=1S/C37H48N8O6/c1-22(2)16-29-35(49)43-30(17-25-12-14-28(51-6)15-13-25)34(48)40-24(5)33(47)44-31(23(3)4)20-45(21-32(46)42-29)36(50)26-18-38-37(39-19-26)41-27-10-8-7-9-11-27/h7-15,18-19,22-24,29-31H,16-17,20-21H2,1-6H3,(H,40,48)(H,42,46)(H,43,49)(H,44,47)(H,38,39,41)/t24-,29+,30+,31-/m1/s1. The number of anilines is 2. The van der Waals surface area contributed by atoms with E-state index in [-0.39, 0.29) is 42.7 Å². The molecule has 14 nitrogen and oxygen atoms in total. The molecule has 1 fully saturated rings.